The maximum Gasteiger partial charge on any atom is 0.123 e. The number of phenolic OH excluding ortho intramolecular Hbond substituents is 1. The smallest absolute Gasteiger partial charge is 0.123 e. The molecule has 0 aromatic heterocycles. The summed E-state index contributed by atoms with van der Waals surface area (Å²) in [7, 11) is 0. The molecule has 1 saturated heterocycles. The second kappa shape index (κ2) is 5.41. The Balaban J connectivity index is 2.16. The van der Waals surface area contributed by atoms with Crippen molar-refractivity contribution in [2.24, 2.45) is 5.41 Å². The zero-order valence-corrected chi connectivity index (χ0v) is 12.2. The van der Waals surface area contributed by atoms with Crippen LogP contribution < -0.4 is 4.90 Å². The third kappa shape index (κ3) is 3.41. The summed E-state index contributed by atoms with van der Waals surface area (Å²) in [6.45, 7) is 8.38. The highest BCUT2D eigenvalue weighted by Gasteiger charge is 2.23. The molecule has 19 heavy (non-hydrogen) atoms. The normalized spacial score (nSPS) is 20.9. The molecule has 1 aliphatic rings. The first kappa shape index (κ1) is 14.2. The summed E-state index contributed by atoms with van der Waals surface area (Å²) in [5.74, 6) is 0.191. The number of aliphatic hydroxyl groups excluding tert-OH is 1. The van der Waals surface area contributed by atoms with E-state index in [0.29, 0.717) is 11.0 Å². The Labute approximate surface area is 115 Å². The molecular weight excluding hydrogens is 238 g/mol. The molecule has 0 bridgehead atoms. The third-order valence-corrected chi connectivity index (χ3v) is 4.17. The number of anilines is 1. The summed E-state index contributed by atoms with van der Waals surface area (Å²) in [6.07, 6.45) is 2.98. The monoisotopic (exact) mass is 263 g/mol. The number of aliphatic hydroxyl groups is 1. The van der Waals surface area contributed by atoms with E-state index in [1.807, 2.05) is 12.1 Å². The molecule has 2 rings (SSSR count). The Kier molecular flexibility index (Phi) is 4.04. The molecule has 106 valence electrons. The van der Waals surface area contributed by atoms with Crippen LogP contribution in [0.1, 0.15) is 51.7 Å². The number of benzene rings is 1. The van der Waals surface area contributed by atoms with Crippen molar-refractivity contribution in [2.45, 2.75) is 46.1 Å². The molecule has 3 heteroatoms. The SMILES string of the molecule is CC(O)c1ccc(N2CCCC(C)(C)CC2)cc1O. The zero-order chi connectivity index (χ0) is 14.0. The molecule has 3 nitrogen and oxygen atoms in total. The van der Waals surface area contributed by atoms with Crippen molar-refractivity contribution >= 4 is 5.69 Å². The van der Waals surface area contributed by atoms with E-state index < -0.39 is 6.10 Å². The number of nitrogens with zero attached hydrogens (tertiary/aromatic N) is 1. The van der Waals surface area contributed by atoms with Gasteiger partial charge in [0, 0.05) is 30.4 Å². The average molecular weight is 263 g/mol. The van der Waals surface area contributed by atoms with Gasteiger partial charge in [-0.1, -0.05) is 19.9 Å². The van der Waals surface area contributed by atoms with Crippen molar-refractivity contribution in [3.8, 4) is 5.75 Å². The van der Waals surface area contributed by atoms with Crippen molar-refractivity contribution in [3.05, 3.63) is 23.8 Å². The van der Waals surface area contributed by atoms with Crippen molar-refractivity contribution < 1.29 is 10.2 Å². The van der Waals surface area contributed by atoms with Crippen molar-refractivity contribution in [1.29, 1.82) is 0 Å². The molecule has 1 aliphatic heterocycles. The zero-order valence-electron chi connectivity index (χ0n) is 12.2. The minimum atomic E-state index is -0.628. The van der Waals surface area contributed by atoms with Crippen LogP contribution in [0.25, 0.3) is 0 Å². The highest BCUT2D eigenvalue weighted by atomic mass is 16.3. The molecule has 0 radical (unpaired) electrons. The lowest BCUT2D eigenvalue weighted by molar-refractivity contribution is 0.195. The summed E-state index contributed by atoms with van der Waals surface area (Å²) in [5, 5.41) is 19.5. The van der Waals surface area contributed by atoms with Crippen LogP contribution in [0.15, 0.2) is 18.2 Å². The van der Waals surface area contributed by atoms with Crippen LogP contribution in [-0.2, 0) is 0 Å². The number of phenols is 1. The topological polar surface area (TPSA) is 43.7 Å². The van der Waals surface area contributed by atoms with Crippen molar-refractivity contribution in [3.63, 3.8) is 0 Å². The van der Waals surface area contributed by atoms with Gasteiger partial charge in [0.25, 0.3) is 0 Å². The van der Waals surface area contributed by atoms with Crippen LogP contribution in [0.3, 0.4) is 0 Å². The third-order valence-electron chi connectivity index (χ3n) is 4.17. The Bertz CT molecular complexity index is 440. The van der Waals surface area contributed by atoms with Gasteiger partial charge in [0.15, 0.2) is 0 Å². The van der Waals surface area contributed by atoms with Gasteiger partial charge in [0.1, 0.15) is 5.75 Å². The van der Waals surface area contributed by atoms with Gasteiger partial charge in [0.05, 0.1) is 6.10 Å². The Hall–Kier alpha value is -1.22. The number of rotatable bonds is 2. The second-order valence-corrected chi connectivity index (χ2v) is 6.42. The lowest BCUT2D eigenvalue weighted by Gasteiger charge is -2.25. The Morgan fingerprint density at radius 3 is 2.58 bits per heavy atom. The standard InChI is InChI=1S/C16H25NO2/c1-12(18)14-6-5-13(11-15(14)19)17-9-4-7-16(2,3)8-10-17/h5-6,11-12,18-19H,4,7-10H2,1-3H3. The van der Waals surface area contributed by atoms with Crippen LogP contribution in [0.2, 0.25) is 0 Å². The Morgan fingerprint density at radius 2 is 1.95 bits per heavy atom. The Morgan fingerprint density at radius 1 is 1.21 bits per heavy atom. The maximum atomic E-state index is 9.98. The predicted molar refractivity (Wildman–Crippen MR) is 78.6 cm³/mol. The van der Waals surface area contributed by atoms with E-state index in [0.717, 1.165) is 18.8 Å². The highest BCUT2D eigenvalue weighted by molar-refractivity contribution is 5.54. The lowest BCUT2D eigenvalue weighted by Crippen LogP contribution is -2.24. The minimum absolute atomic E-state index is 0.191. The molecule has 0 spiro atoms. The molecule has 1 heterocycles. The van der Waals surface area contributed by atoms with Crippen molar-refractivity contribution in [2.75, 3.05) is 18.0 Å². The van der Waals surface area contributed by atoms with E-state index in [2.05, 4.69) is 18.7 Å². The number of hydrogen-bond acceptors (Lipinski definition) is 3. The van der Waals surface area contributed by atoms with Gasteiger partial charge < -0.3 is 15.1 Å². The van der Waals surface area contributed by atoms with E-state index in [1.165, 1.54) is 19.3 Å². The second-order valence-electron chi connectivity index (χ2n) is 6.42. The predicted octanol–water partition coefficient (Wildman–Crippen LogP) is 3.46. The highest BCUT2D eigenvalue weighted by Crippen LogP contribution is 2.34. The number of aromatic hydroxyl groups is 1. The summed E-state index contributed by atoms with van der Waals surface area (Å²) in [4.78, 5) is 2.33. The first-order valence-electron chi connectivity index (χ1n) is 7.15. The van der Waals surface area contributed by atoms with Gasteiger partial charge in [-0.05, 0) is 37.7 Å². The molecule has 0 aliphatic carbocycles. The molecule has 0 saturated carbocycles. The van der Waals surface area contributed by atoms with Gasteiger partial charge in [-0.3, -0.25) is 0 Å². The summed E-state index contributed by atoms with van der Waals surface area (Å²) < 4.78 is 0. The maximum absolute atomic E-state index is 9.98. The first-order valence-corrected chi connectivity index (χ1v) is 7.15. The first-order chi connectivity index (χ1) is 8.89. The van der Waals surface area contributed by atoms with Gasteiger partial charge >= 0.3 is 0 Å². The fourth-order valence-corrected chi connectivity index (χ4v) is 2.76. The minimum Gasteiger partial charge on any atom is -0.507 e. The van der Waals surface area contributed by atoms with Crippen LogP contribution in [0, 0.1) is 5.41 Å². The lowest BCUT2D eigenvalue weighted by atomic mass is 9.85. The average Bonchev–Trinajstić information content (AvgIpc) is 2.49. The molecule has 2 N–H and O–H groups in total. The molecule has 1 aromatic rings. The van der Waals surface area contributed by atoms with Crippen LogP contribution in [0.4, 0.5) is 5.69 Å². The summed E-state index contributed by atoms with van der Waals surface area (Å²) in [6, 6.07) is 5.60. The van der Waals surface area contributed by atoms with Gasteiger partial charge in [-0.15, -0.1) is 0 Å². The molecular formula is C16H25NO2. The van der Waals surface area contributed by atoms with Crippen LogP contribution in [-0.4, -0.2) is 23.3 Å². The molecule has 1 aromatic carbocycles. The molecule has 1 unspecified atom stereocenters. The quantitative estimate of drug-likeness (QED) is 0.858. The molecule has 0 amide bonds. The van der Waals surface area contributed by atoms with Gasteiger partial charge in [-0.25, -0.2) is 0 Å². The van der Waals surface area contributed by atoms with Crippen molar-refractivity contribution in [1.82, 2.24) is 0 Å². The van der Waals surface area contributed by atoms with E-state index >= 15 is 0 Å². The van der Waals surface area contributed by atoms with Gasteiger partial charge in [0.2, 0.25) is 0 Å². The number of hydrogen-bond donors (Lipinski definition) is 2. The van der Waals surface area contributed by atoms with E-state index in [9.17, 15) is 10.2 Å². The largest absolute Gasteiger partial charge is 0.507 e. The van der Waals surface area contributed by atoms with E-state index in [4.69, 9.17) is 0 Å². The summed E-state index contributed by atoms with van der Waals surface area (Å²) >= 11 is 0. The van der Waals surface area contributed by atoms with Gasteiger partial charge in [-0.2, -0.15) is 0 Å². The summed E-state index contributed by atoms with van der Waals surface area (Å²) in [5.41, 5.74) is 2.06. The fraction of sp³-hybridized carbons (Fsp3) is 0.625. The van der Waals surface area contributed by atoms with Crippen LogP contribution in [0.5, 0.6) is 5.75 Å². The molecule has 1 atom stereocenters. The van der Waals surface area contributed by atoms with Crippen LogP contribution >= 0.6 is 0 Å². The van der Waals surface area contributed by atoms with E-state index in [-0.39, 0.29) is 5.75 Å². The van der Waals surface area contributed by atoms with E-state index in [1.54, 1.807) is 13.0 Å². The molecule has 1 fully saturated rings. The fourth-order valence-electron chi connectivity index (χ4n) is 2.76.